The van der Waals surface area contributed by atoms with Crippen LogP contribution in [0.3, 0.4) is 0 Å². The summed E-state index contributed by atoms with van der Waals surface area (Å²) >= 11 is 0. The van der Waals surface area contributed by atoms with E-state index in [4.69, 9.17) is 9.84 Å². The number of nitrogens with one attached hydrogen (secondary N) is 1. The van der Waals surface area contributed by atoms with Crippen molar-refractivity contribution in [2.24, 2.45) is 5.10 Å². The van der Waals surface area contributed by atoms with Gasteiger partial charge in [-0.25, -0.2) is 9.59 Å². The number of nitro groups is 1. The maximum atomic E-state index is 12.5. The van der Waals surface area contributed by atoms with E-state index in [-0.39, 0.29) is 34.6 Å². The molecule has 1 heterocycles. The Hall–Kier alpha value is -5.06. The second-order valence-electron chi connectivity index (χ2n) is 7.11. The molecule has 0 bridgehead atoms. The Morgan fingerprint density at radius 2 is 1.85 bits per heavy atom. The summed E-state index contributed by atoms with van der Waals surface area (Å²) < 4.78 is 6.18. The molecule has 0 unspecified atom stereocenters. The molecule has 2 N–H and O–H groups in total. The normalized spacial score (nSPS) is 11.1. The predicted octanol–water partition coefficient (Wildman–Crippen LogP) is 2.76. The molecular formula is C23H16N4O7. The van der Waals surface area contributed by atoms with Gasteiger partial charge in [-0.1, -0.05) is 24.3 Å². The van der Waals surface area contributed by atoms with E-state index in [0.717, 1.165) is 6.21 Å². The first-order chi connectivity index (χ1) is 16.3. The molecule has 0 fully saturated rings. The molecule has 170 valence electrons. The Labute approximate surface area is 190 Å². The smallest absolute Gasteiger partial charge is 0.349 e. The van der Waals surface area contributed by atoms with Crippen molar-refractivity contribution in [1.82, 2.24) is 9.66 Å². The van der Waals surface area contributed by atoms with E-state index < -0.39 is 22.1 Å². The number of aromatic nitrogens is 2. The van der Waals surface area contributed by atoms with Crippen LogP contribution in [0.2, 0.25) is 0 Å². The summed E-state index contributed by atoms with van der Waals surface area (Å²) in [4.78, 5) is 49.1. The molecule has 0 saturated heterocycles. The van der Waals surface area contributed by atoms with E-state index in [2.05, 4.69) is 10.1 Å². The summed E-state index contributed by atoms with van der Waals surface area (Å²) in [6.07, 6.45) is 1.16. The highest BCUT2D eigenvalue weighted by atomic mass is 16.6. The van der Waals surface area contributed by atoms with Gasteiger partial charge in [0.1, 0.15) is 6.61 Å². The van der Waals surface area contributed by atoms with Gasteiger partial charge in [0, 0.05) is 11.6 Å². The lowest BCUT2D eigenvalue weighted by molar-refractivity contribution is -0.385. The van der Waals surface area contributed by atoms with E-state index in [9.17, 15) is 24.5 Å². The number of hydrogen-bond acceptors (Lipinski definition) is 7. The molecule has 34 heavy (non-hydrogen) atoms. The second kappa shape index (κ2) is 9.20. The Bertz CT molecular complexity index is 1550. The highest BCUT2D eigenvalue weighted by Crippen LogP contribution is 2.28. The zero-order valence-electron chi connectivity index (χ0n) is 17.4. The predicted molar refractivity (Wildman–Crippen MR) is 123 cm³/mol. The first-order valence-electron chi connectivity index (χ1n) is 9.85. The number of carboxylic acids is 1. The number of carbonyl (C=O) groups is 1. The molecule has 4 rings (SSSR count). The van der Waals surface area contributed by atoms with Gasteiger partial charge in [0.2, 0.25) is 0 Å². The topological polar surface area (TPSA) is 157 Å². The molecule has 0 aliphatic heterocycles. The molecule has 0 atom stereocenters. The number of para-hydroxylation sites is 1. The largest absolute Gasteiger partial charge is 0.482 e. The summed E-state index contributed by atoms with van der Waals surface area (Å²) in [5.74, 6) is -1.07. The van der Waals surface area contributed by atoms with E-state index in [0.29, 0.717) is 15.8 Å². The second-order valence-corrected chi connectivity index (χ2v) is 7.11. The third kappa shape index (κ3) is 4.58. The van der Waals surface area contributed by atoms with Crippen LogP contribution in [0, 0.1) is 10.1 Å². The summed E-state index contributed by atoms with van der Waals surface area (Å²) in [6.45, 7) is -0.0178. The average molecular weight is 460 g/mol. The third-order valence-electron chi connectivity index (χ3n) is 4.88. The quantitative estimate of drug-likeness (QED) is 0.244. The van der Waals surface area contributed by atoms with Crippen molar-refractivity contribution < 1.29 is 19.6 Å². The minimum atomic E-state index is -1.06. The van der Waals surface area contributed by atoms with Crippen molar-refractivity contribution in [2.45, 2.75) is 6.61 Å². The minimum absolute atomic E-state index is 0.00909. The maximum Gasteiger partial charge on any atom is 0.349 e. The van der Waals surface area contributed by atoms with Gasteiger partial charge >= 0.3 is 17.3 Å². The van der Waals surface area contributed by atoms with Crippen LogP contribution in [0.25, 0.3) is 10.9 Å². The number of ether oxygens (including phenoxy) is 1. The first-order valence-corrected chi connectivity index (χ1v) is 9.85. The summed E-state index contributed by atoms with van der Waals surface area (Å²) in [5.41, 5.74) is -0.334. The van der Waals surface area contributed by atoms with Gasteiger partial charge in [0.25, 0.3) is 5.56 Å². The Kier molecular flexibility index (Phi) is 5.99. The molecule has 0 radical (unpaired) electrons. The fourth-order valence-electron chi connectivity index (χ4n) is 3.17. The molecule has 11 nitrogen and oxygen atoms in total. The maximum absolute atomic E-state index is 12.5. The van der Waals surface area contributed by atoms with Gasteiger partial charge in [0.15, 0.2) is 5.75 Å². The fraction of sp³-hybridized carbons (Fsp3) is 0.0435. The van der Waals surface area contributed by atoms with Gasteiger partial charge in [-0.2, -0.15) is 5.10 Å². The highest BCUT2D eigenvalue weighted by molar-refractivity contribution is 5.87. The molecule has 0 spiro atoms. The molecular weight excluding hydrogens is 444 g/mol. The Morgan fingerprint density at radius 3 is 2.56 bits per heavy atom. The van der Waals surface area contributed by atoms with Crippen molar-refractivity contribution in [3.05, 3.63) is 114 Å². The van der Waals surface area contributed by atoms with Crippen LogP contribution in [-0.4, -0.2) is 31.9 Å². The lowest BCUT2D eigenvalue weighted by atomic mass is 10.1. The lowest BCUT2D eigenvalue weighted by Gasteiger charge is -2.08. The van der Waals surface area contributed by atoms with Crippen molar-refractivity contribution in [1.29, 1.82) is 0 Å². The molecule has 0 aliphatic rings. The number of benzene rings is 3. The summed E-state index contributed by atoms with van der Waals surface area (Å²) in [7, 11) is 0. The van der Waals surface area contributed by atoms with Gasteiger partial charge in [-0.05, 0) is 42.0 Å². The van der Waals surface area contributed by atoms with Crippen LogP contribution in [-0.2, 0) is 6.61 Å². The van der Waals surface area contributed by atoms with Crippen molar-refractivity contribution >= 4 is 28.8 Å². The van der Waals surface area contributed by atoms with Crippen LogP contribution < -0.4 is 16.0 Å². The van der Waals surface area contributed by atoms with Crippen molar-refractivity contribution in [2.75, 3.05) is 0 Å². The van der Waals surface area contributed by atoms with Gasteiger partial charge in [-0.3, -0.25) is 14.9 Å². The molecule has 0 saturated carbocycles. The molecule has 1 aromatic heterocycles. The molecule has 4 aromatic rings. The van der Waals surface area contributed by atoms with E-state index in [1.165, 1.54) is 30.3 Å². The van der Waals surface area contributed by atoms with Crippen LogP contribution in [0.4, 0.5) is 5.69 Å². The van der Waals surface area contributed by atoms with Gasteiger partial charge in [0.05, 0.1) is 27.6 Å². The SMILES string of the molecule is O=C(O)c1ccc(COc2ccc(C=Nn3c(=O)[nH]c4ccccc4c3=O)cc2[N+](=O)[O-])cc1. The number of nitrogens with zero attached hydrogens (tertiary/aromatic N) is 3. The zero-order chi connectivity index (χ0) is 24.2. The fourth-order valence-corrected chi connectivity index (χ4v) is 3.17. The van der Waals surface area contributed by atoms with Crippen LogP contribution >= 0.6 is 0 Å². The summed E-state index contributed by atoms with van der Waals surface area (Å²) in [5, 5.41) is 24.7. The number of nitro benzene ring substituents is 1. The number of H-pyrrole nitrogens is 1. The van der Waals surface area contributed by atoms with Gasteiger partial charge in [-0.15, -0.1) is 4.68 Å². The molecule has 3 aromatic carbocycles. The van der Waals surface area contributed by atoms with E-state index in [1.54, 1.807) is 36.4 Å². The third-order valence-corrected chi connectivity index (χ3v) is 4.88. The highest BCUT2D eigenvalue weighted by Gasteiger charge is 2.16. The van der Waals surface area contributed by atoms with Gasteiger partial charge < -0.3 is 14.8 Å². The average Bonchev–Trinajstić information content (AvgIpc) is 2.83. The van der Waals surface area contributed by atoms with Crippen molar-refractivity contribution in [3.63, 3.8) is 0 Å². The number of rotatable bonds is 7. The molecule has 0 amide bonds. The Morgan fingerprint density at radius 1 is 1.12 bits per heavy atom. The Balaban J connectivity index is 1.58. The number of hydrogen-bond donors (Lipinski definition) is 2. The van der Waals surface area contributed by atoms with Crippen LogP contribution in [0.5, 0.6) is 5.75 Å². The molecule has 11 heteroatoms. The van der Waals surface area contributed by atoms with E-state index in [1.807, 2.05) is 0 Å². The number of fused-ring (bicyclic) bond motifs is 1. The van der Waals surface area contributed by atoms with Crippen LogP contribution in [0.1, 0.15) is 21.5 Å². The van der Waals surface area contributed by atoms with Crippen molar-refractivity contribution in [3.8, 4) is 5.75 Å². The summed E-state index contributed by atoms with van der Waals surface area (Å²) in [6, 6.07) is 16.4. The zero-order valence-corrected chi connectivity index (χ0v) is 17.4. The van der Waals surface area contributed by atoms with E-state index >= 15 is 0 Å². The lowest BCUT2D eigenvalue weighted by Crippen LogP contribution is -2.32. The number of carboxylic acid groups (broad SMARTS) is 1. The standard InChI is InChI=1S/C23H16N4O7/c28-21-17-3-1-2-4-18(17)25-23(31)26(21)24-12-15-7-10-20(19(11-15)27(32)33)34-13-14-5-8-16(9-6-14)22(29)30/h1-12H,13H2,(H,25,31)(H,29,30). The number of aromatic amines is 1. The van der Waals surface area contributed by atoms with Crippen LogP contribution in [0.15, 0.2) is 81.4 Å². The number of aromatic carboxylic acids is 1. The first kappa shape index (κ1) is 22.1. The minimum Gasteiger partial charge on any atom is -0.482 e. The monoisotopic (exact) mass is 460 g/mol. The molecule has 0 aliphatic carbocycles.